The first kappa shape index (κ1) is 15.9. The molecule has 2 nitrogen and oxygen atoms in total. The molecule has 0 bridgehead atoms. The Morgan fingerprint density at radius 1 is 1.04 bits per heavy atom. The van der Waals surface area contributed by atoms with Crippen LogP contribution < -0.4 is 10.2 Å². The van der Waals surface area contributed by atoms with Crippen molar-refractivity contribution in [3.8, 4) is 0 Å². The maximum atomic E-state index is 6.50. The Morgan fingerprint density at radius 3 is 2.62 bits per heavy atom. The Balaban J connectivity index is 1.78. The Kier molecular flexibility index (Phi) is 3.98. The van der Waals surface area contributed by atoms with E-state index in [9.17, 15) is 0 Å². The number of rotatable bonds is 2. The SMILES string of the molecule is CN(C)c1ccc2c(c1)C1C=CCC1C(c1ccc(Cl)cc1Cl)N2. The number of allylic oxidation sites excluding steroid dienone is 2. The van der Waals surface area contributed by atoms with Crippen LogP contribution in [0.25, 0.3) is 0 Å². The number of hydrogen-bond donors (Lipinski definition) is 1. The Labute approximate surface area is 153 Å². The van der Waals surface area contributed by atoms with E-state index in [0.29, 0.717) is 16.9 Å². The zero-order valence-electron chi connectivity index (χ0n) is 13.8. The van der Waals surface area contributed by atoms with Gasteiger partial charge < -0.3 is 10.2 Å². The highest BCUT2D eigenvalue weighted by atomic mass is 35.5. The predicted octanol–water partition coefficient (Wildman–Crippen LogP) is 5.89. The van der Waals surface area contributed by atoms with E-state index in [4.69, 9.17) is 23.2 Å². The molecular formula is C20H20Cl2N2. The number of halogens is 2. The molecule has 4 heteroatoms. The van der Waals surface area contributed by atoms with Gasteiger partial charge in [0, 0.05) is 41.4 Å². The third kappa shape index (κ3) is 2.58. The van der Waals surface area contributed by atoms with Crippen molar-refractivity contribution < 1.29 is 0 Å². The minimum absolute atomic E-state index is 0.201. The van der Waals surface area contributed by atoms with Crippen LogP contribution in [0.4, 0.5) is 11.4 Å². The molecule has 0 radical (unpaired) electrons. The lowest BCUT2D eigenvalue weighted by molar-refractivity contribution is 0.426. The maximum absolute atomic E-state index is 6.50. The smallest absolute Gasteiger partial charge is 0.0568 e. The molecule has 24 heavy (non-hydrogen) atoms. The molecule has 2 aromatic rings. The van der Waals surface area contributed by atoms with Gasteiger partial charge in [-0.3, -0.25) is 0 Å². The fraction of sp³-hybridized carbons (Fsp3) is 0.300. The highest BCUT2D eigenvalue weighted by Crippen LogP contribution is 2.51. The van der Waals surface area contributed by atoms with Crippen LogP contribution in [-0.4, -0.2) is 14.1 Å². The van der Waals surface area contributed by atoms with Gasteiger partial charge in [-0.2, -0.15) is 0 Å². The molecule has 0 saturated carbocycles. The van der Waals surface area contributed by atoms with Crippen molar-refractivity contribution in [1.82, 2.24) is 0 Å². The van der Waals surface area contributed by atoms with Crippen LogP contribution in [0.3, 0.4) is 0 Å². The van der Waals surface area contributed by atoms with Gasteiger partial charge in [0.2, 0.25) is 0 Å². The first-order valence-electron chi connectivity index (χ1n) is 8.24. The number of nitrogens with zero attached hydrogens (tertiary/aromatic N) is 1. The van der Waals surface area contributed by atoms with Crippen molar-refractivity contribution in [2.24, 2.45) is 5.92 Å². The second-order valence-electron chi connectivity index (χ2n) is 6.81. The van der Waals surface area contributed by atoms with Crippen LogP contribution in [-0.2, 0) is 0 Å². The van der Waals surface area contributed by atoms with Crippen LogP contribution >= 0.6 is 23.2 Å². The summed E-state index contributed by atoms with van der Waals surface area (Å²) in [7, 11) is 4.16. The summed E-state index contributed by atoms with van der Waals surface area (Å²) < 4.78 is 0. The number of anilines is 2. The molecule has 1 aliphatic carbocycles. The first-order valence-corrected chi connectivity index (χ1v) is 8.99. The molecule has 1 N–H and O–H groups in total. The monoisotopic (exact) mass is 358 g/mol. The Hall–Kier alpha value is -1.64. The van der Waals surface area contributed by atoms with Gasteiger partial charge in [-0.05, 0) is 53.8 Å². The summed E-state index contributed by atoms with van der Waals surface area (Å²) in [5, 5.41) is 5.14. The Morgan fingerprint density at radius 2 is 1.88 bits per heavy atom. The topological polar surface area (TPSA) is 15.3 Å². The third-order valence-corrected chi connectivity index (χ3v) is 5.72. The molecule has 1 aliphatic heterocycles. The molecule has 124 valence electrons. The lowest BCUT2D eigenvalue weighted by atomic mass is 9.77. The van der Waals surface area contributed by atoms with Crippen molar-refractivity contribution >= 4 is 34.6 Å². The number of nitrogens with one attached hydrogen (secondary N) is 1. The van der Waals surface area contributed by atoms with E-state index in [1.807, 2.05) is 12.1 Å². The second-order valence-corrected chi connectivity index (χ2v) is 7.65. The number of fused-ring (bicyclic) bond motifs is 3. The summed E-state index contributed by atoms with van der Waals surface area (Å²) >= 11 is 12.6. The predicted molar refractivity (Wildman–Crippen MR) is 104 cm³/mol. The van der Waals surface area contributed by atoms with Gasteiger partial charge in [0.1, 0.15) is 0 Å². The van der Waals surface area contributed by atoms with Gasteiger partial charge in [0.25, 0.3) is 0 Å². The van der Waals surface area contributed by atoms with Crippen molar-refractivity contribution in [1.29, 1.82) is 0 Å². The molecule has 0 saturated heterocycles. The van der Waals surface area contributed by atoms with E-state index < -0.39 is 0 Å². The highest BCUT2D eigenvalue weighted by Gasteiger charge is 2.38. The fourth-order valence-electron chi connectivity index (χ4n) is 3.92. The number of hydrogen-bond acceptors (Lipinski definition) is 2. The molecule has 0 aromatic heterocycles. The summed E-state index contributed by atoms with van der Waals surface area (Å²) in [6.07, 6.45) is 5.71. The van der Waals surface area contributed by atoms with E-state index in [1.54, 1.807) is 0 Å². The molecule has 0 fully saturated rings. The van der Waals surface area contributed by atoms with Crippen molar-refractivity contribution in [2.75, 3.05) is 24.3 Å². The van der Waals surface area contributed by atoms with E-state index in [2.05, 4.69) is 60.7 Å². The van der Waals surface area contributed by atoms with E-state index in [1.165, 1.54) is 16.9 Å². The molecule has 4 rings (SSSR count). The van der Waals surface area contributed by atoms with Crippen molar-refractivity contribution in [2.45, 2.75) is 18.4 Å². The quantitative estimate of drug-likeness (QED) is 0.673. The minimum Gasteiger partial charge on any atom is -0.378 e. The van der Waals surface area contributed by atoms with Gasteiger partial charge >= 0.3 is 0 Å². The first-order chi connectivity index (χ1) is 11.5. The normalized spacial score (nSPS) is 24.2. The van der Waals surface area contributed by atoms with Gasteiger partial charge in [-0.15, -0.1) is 0 Å². The average Bonchev–Trinajstić information content (AvgIpc) is 3.04. The molecule has 3 atom stereocenters. The minimum atomic E-state index is 0.201. The van der Waals surface area contributed by atoms with E-state index in [0.717, 1.165) is 17.0 Å². The third-order valence-electron chi connectivity index (χ3n) is 5.16. The lowest BCUT2D eigenvalue weighted by Crippen LogP contribution is -2.29. The zero-order chi connectivity index (χ0) is 16.8. The second kappa shape index (κ2) is 6.02. The summed E-state index contributed by atoms with van der Waals surface area (Å²) in [5.41, 5.74) is 4.94. The molecule has 0 spiro atoms. The highest BCUT2D eigenvalue weighted by molar-refractivity contribution is 6.35. The van der Waals surface area contributed by atoms with E-state index in [-0.39, 0.29) is 6.04 Å². The van der Waals surface area contributed by atoms with Crippen molar-refractivity contribution in [3.05, 3.63) is 69.7 Å². The van der Waals surface area contributed by atoms with Crippen LogP contribution in [0.2, 0.25) is 10.0 Å². The molecule has 0 amide bonds. The molecule has 1 heterocycles. The van der Waals surface area contributed by atoms with Crippen molar-refractivity contribution in [3.63, 3.8) is 0 Å². The van der Waals surface area contributed by atoms with Crippen LogP contribution in [0, 0.1) is 5.92 Å². The van der Waals surface area contributed by atoms with Crippen LogP contribution in [0.15, 0.2) is 48.6 Å². The Bertz CT molecular complexity index is 813. The lowest BCUT2D eigenvalue weighted by Gasteiger charge is -2.38. The zero-order valence-corrected chi connectivity index (χ0v) is 15.3. The van der Waals surface area contributed by atoms with Crippen LogP contribution in [0.1, 0.15) is 29.5 Å². The molecule has 2 aliphatic rings. The molecule has 2 aromatic carbocycles. The summed E-state index contributed by atoms with van der Waals surface area (Å²) in [6.45, 7) is 0. The van der Waals surface area contributed by atoms with Gasteiger partial charge in [-0.25, -0.2) is 0 Å². The molecule has 3 unspecified atom stereocenters. The van der Waals surface area contributed by atoms with Gasteiger partial charge in [-0.1, -0.05) is 41.4 Å². The molecular weight excluding hydrogens is 339 g/mol. The average molecular weight is 359 g/mol. The van der Waals surface area contributed by atoms with Gasteiger partial charge in [0.05, 0.1) is 6.04 Å². The summed E-state index contributed by atoms with van der Waals surface area (Å²) in [6, 6.07) is 12.7. The fourth-order valence-corrected chi connectivity index (χ4v) is 4.45. The van der Waals surface area contributed by atoms with E-state index >= 15 is 0 Å². The maximum Gasteiger partial charge on any atom is 0.0568 e. The van der Waals surface area contributed by atoms with Gasteiger partial charge in [0.15, 0.2) is 0 Å². The standard InChI is InChI=1S/C20H20Cl2N2/c1-24(2)13-7-9-19-17(11-13)14-4-3-5-15(14)20(23-19)16-8-6-12(21)10-18(16)22/h3-4,6-11,14-15,20,23H,5H2,1-2H3. The summed E-state index contributed by atoms with van der Waals surface area (Å²) in [5.74, 6) is 0.909. The number of benzene rings is 2. The largest absolute Gasteiger partial charge is 0.378 e. The van der Waals surface area contributed by atoms with Crippen LogP contribution in [0.5, 0.6) is 0 Å². The summed E-state index contributed by atoms with van der Waals surface area (Å²) in [4.78, 5) is 2.15.